The Morgan fingerprint density at radius 2 is 2.04 bits per heavy atom. The van der Waals surface area contributed by atoms with Crippen LogP contribution in [0.1, 0.15) is 28.1 Å². The van der Waals surface area contributed by atoms with Crippen molar-refractivity contribution < 1.29 is 9.72 Å². The lowest BCUT2D eigenvalue weighted by atomic mass is 9.82. The predicted molar refractivity (Wildman–Crippen MR) is 106 cm³/mol. The Balaban J connectivity index is 1.68. The monoisotopic (exact) mass is 397 g/mol. The third-order valence-corrected chi connectivity index (χ3v) is 6.31. The van der Waals surface area contributed by atoms with Crippen molar-refractivity contribution in [3.05, 3.63) is 85.1 Å². The fourth-order valence-corrected chi connectivity index (χ4v) is 4.74. The number of nitrogens with zero attached hydrogens (tertiary/aromatic N) is 3. The molecule has 0 fully saturated rings. The molecule has 0 radical (unpaired) electrons. The van der Waals surface area contributed by atoms with Crippen molar-refractivity contribution >= 4 is 40.4 Å². The Bertz CT molecular complexity index is 1020. The minimum atomic E-state index is -0.547. The average Bonchev–Trinajstić information content (AvgIpc) is 3.41. The first kappa shape index (κ1) is 17.6. The van der Waals surface area contributed by atoms with Crippen LogP contribution in [0.4, 0.5) is 5.82 Å². The van der Waals surface area contributed by atoms with Gasteiger partial charge in [0.05, 0.1) is 0 Å². The van der Waals surface area contributed by atoms with Gasteiger partial charge in [-0.25, -0.2) is 0 Å². The van der Waals surface area contributed by atoms with Crippen molar-refractivity contribution in [1.82, 2.24) is 9.55 Å². The number of nitro groups is 1. The molecule has 3 heterocycles. The van der Waals surface area contributed by atoms with Gasteiger partial charge in [0.1, 0.15) is 12.2 Å². The first-order chi connectivity index (χ1) is 13.1. The van der Waals surface area contributed by atoms with Crippen molar-refractivity contribution in [1.29, 1.82) is 0 Å². The summed E-state index contributed by atoms with van der Waals surface area (Å²) in [6.45, 7) is 0. The molecule has 0 amide bonds. The Morgan fingerprint density at radius 3 is 2.70 bits per heavy atom. The van der Waals surface area contributed by atoms with E-state index in [0.29, 0.717) is 6.42 Å². The van der Waals surface area contributed by atoms with Crippen molar-refractivity contribution in [2.75, 3.05) is 0 Å². The van der Waals surface area contributed by atoms with E-state index in [1.165, 1.54) is 12.5 Å². The normalized spacial score (nSPS) is 20.1. The summed E-state index contributed by atoms with van der Waals surface area (Å²) in [4.78, 5) is 29.4. The molecule has 0 unspecified atom stereocenters. The molecule has 0 saturated heterocycles. The highest BCUT2D eigenvalue weighted by Crippen LogP contribution is 2.41. The molecule has 3 aromatic rings. The van der Waals surface area contributed by atoms with Crippen molar-refractivity contribution in [2.24, 2.45) is 0 Å². The van der Waals surface area contributed by atoms with E-state index in [-0.39, 0.29) is 17.5 Å². The van der Waals surface area contributed by atoms with Crippen LogP contribution in [0.5, 0.6) is 0 Å². The molecule has 2 atom stereocenters. The van der Waals surface area contributed by atoms with Gasteiger partial charge in [0.25, 0.3) is 0 Å². The standard InChI is InChI=1S/C19H15N3O3S2/c23-16-10-13(5-6-14-3-1-7-26-14)9-15(17-4-2-8-27-17)19(16)21-11-18(20-12-21)22(24)25/h1-8,10-12,15,19H,9H2/b6-5+/t15-,19-/m1/s1. The van der Waals surface area contributed by atoms with E-state index >= 15 is 0 Å². The van der Waals surface area contributed by atoms with Gasteiger partial charge in [-0.1, -0.05) is 18.2 Å². The van der Waals surface area contributed by atoms with Crippen LogP contribution in [0.25, 0.3) is 6.08 Å². The van der Waals surface area contributed by atoms with E-state index in [1.54, 1.807) is 33.3 Å². The highest BCUT2D eigenvalue weighted by Gasteiger charge is 2.35. The van der Waals surface area contributed by atoms with Crippen molar-refractivity contribution in [2.45, 2.75) is 18.4 Å². The molecule has 27 heavy (non-hydrogen) atoms. The molecular formula is C19H15N3O3S2. The fourth-order valence-electron chi connectivity index (χ4n) is 3.27. The highest BCUT2D eigenvalue weighted by molar-refractivity contribution is 7.10. The quantitative estimate of drug-likeness (QED) is 0.455. The number of imidazole rings is 1. The molecule has 0 spiro atoms. The summed E-state index contributed by atoms with van der Waals surface area (Å²) in [5.74, 6) is -0.405. The molecule has 4 rings (SSSR count). The van der Waals surface area contributed by atoms with Gasteiger partial charge in [-0.3, -0.25) is 9.36 Å². The molecule has 0 aliphatic heterocycles. The van der Waals surface area contributed by atoms with Crippen LogP contribution >= 0.6 is 22.7 Å². The van der Waals surface area contributed by atoms with Crippen molar-refractivity contribution in [3.63, 3.8) is 0 Å². The van der Waals surface area contributed by atoms with Gasteiger partial charge in [-0.15, -0.1) is 22.7 Å². The molecular weight excluding hydrogens is 382 g/mol. The van der Waals surface area contributed by atoms with E-state index < -0.39 is 11.0 Å². The van der Waals surface area contributed by atoms with Crippen LogP contribution in [-0.2, 0) is 4.79 Å². The highest BCUT2D eigenvalue weighted by atomic mass is 32.1. The molecule has 136 valence electrons. The Morgan fingerprint density at radius 1 is 1.22 bits per heavy atom. The summed E-state index contributed by atoms with van der Waals surface area (Å²) < 4.78 is 1.57. The predicted octanol–water partition coefficient (Wildman–Crippen LogP) is 4.85. The lowest BCUT2D eigenvalue weighted by Gasteiger charge is -2.29. The maximum absolute atomic E-state index is 12.9. The molecule has 6 nitrogen and oxygen atoms in total. The second-order valence-electron chi connectivity index (χ2n) is 6.18. The van der Waals surface area contributed by atoms with Crippen molar-refractivity contribution in [3.8, 4) is 0 Å². The Labute approximate surface area is 163 Å². The summed E-state index contributed by atoms with van der Waals surface area (Å²) in [6.07, 6.45) is 9.04. The third-order valence-electron chi connectivity index (χ3n) is 4.47. The zero-order valence-corrected chi connectivity index (χ0v) is 15.7. The number of ketones is 1. The van der Waals surface area contributed by atoms with Crippen LogP contribution in [-0.4, -0.2) is 20.3 Å². The van der Waals surface area contributed by atoms with E-state index in [0.717, 1.165) is 15.3 Å². The van der Waals surface area contributed by atoms with Gasteiger partial charge in [-0.2, -0.15) is 0 Å². The third kappa shape index (κ3) is 3.67. The van der Waals surface area contributed by atoms with Gasteiger partial charge < -0.3 is 10.1 Å². The summed E-state index contributed by atoms with van der Waals surface area (Å²) in [5.41, 5.74) is 0.956. The number of aromatic nitrogens is 2. The van der Waals surface area contributed by atoms with Crippen LogP contribution in [0.15, 0.2) is 65.3 Å². The number of carbonyl (C=O) groups excluding carboxylic acids is 1. The van der Waals surface area contributed by atoms with E-state index in [1.807, 2.05) is 47.2 Å². The number of hydrogen-bond acceptors (Lipinski definition) is 6. The Kier molecular flexibility index (Phi) is 4.83. The lowest BCUT2D eigenvalue weighted by molar-refractivity contribution is -0.389. The van der Waals surface area contributed by atoms with Crippen LogP contribution in [0, 0.1) is 10.1 Å². The second-order valence-corrected chi connectivity index (χ2v) is 8.14. The summed E-state index contributed by atoms with van der Waals surface area (Å²) >= 11 is 3.23. The number of thiophene rings is 2. The van der Waals surface area contributed by atoms with Gasteiger partial charge in [-0.05, 0) is 56.9 Å². The SMILES string of the molecule is O=C1C=C(/C=C/c2cccs2)C[C@H](c2cccs2)[C@H]1n1cnc([N+](=O)[O-])c1. The maximum atomic E-state index is 12.9. The fraction of sp³-hybridized carbons (Fsp3) is 0.158. The van der Waals surface area contributed by atoms with E-state index in [2.05, 4.69) is 4.98 Å². The maximum Gasteiger partial charge on any atom is 0.381 e. The summed E-state index contributed by atoms with van der Waals surface area (Å²) in [7, 11) is 0. The lowest BCUT2D eigenvalue weighted by Crippen LogP contribution is -2.27. The zero-order chi connectivity index (χ0) is 18.8. The summed E-state index contributed by atoms with van der Waals surface area (Å²) in [5, 5.41) is 15.0. The molecule has 8 heteroatoms. The molecule has 0 bridgehead atoms. The first-order valence-electron chi connectivity index (χ1n) is 8.29. The Hall–Kier alpha value is -2.84. The second kappa shape index (κ2) is 7.42. The summed E-state index contributed by atoms with van der Waals surface area (Å²) in [6, 6.07) is 7.45. The number of hydrogen-bond donors (Lipinski definition) is 0. The number of allylic oxidation sites excluding steroid dienone is 3. The molecule has 1 aliphatic rings. The minimum absolute atomic E-state index is 0.0715. The first-order valence-corrected chi connectivity index (χ1v) is 10.0. The number of carbonyl (C=O) groups is 1. The van der Waals surface area contributed by atoms with E-state index in [9.17, 15) is 14.9 Å². The molecule has 0 aromatic carbocycles. The topological polar surface area (TPSA) is 78.0 Å². The van der Waals surface area contributed by atoms with Gasteiger partial charge in [0, 0.05) is 15.7 Å². The van der Waals surface area contributed by atoms with Crippen LogP contribution < -0.4 is 0 Å². The van der Waals surface area contributed by atoms with Crippen LogP contribution in [0.2, 0.25) is 0 Å². The van der Waals surface area contributed by atoms with Gasteiger partial charge >= 0.3 is 5.82 Å². The van der Waals surface area contributed by atoms with Gasteiger partial charge in [0.2, 0.25) is 6.33 Å². The molecule has 0 saturated carbocycles. The molecule has 3 aromatic heterocycles. The smallest absolute Gasteiger partial charge is 0.358 e. The largest absolute Gasteiger partial charge is 0.381 e. The van der Waals surface area contributed by atoms with Crippen LogP contribution in [0.3, 0.4) is 0 Å². The zero-order valence-electron chi connectivity index (χ0n) is 14.1. The minimum Gasteiger partial charge on any atom is -0.358 e. The average molecular weight is 397 g/mol. The molecule has 0 N–H and O–H groups in total. The van der Waals surface area contributed by atoms with Gasteiger partial charge in [0.15, 0.2) is 5.78 Å². The van der Waals surface area contributed by atoms with E-state index in [4.69, 9.17) is 0 Å². The number of rotatable bonds is 5. The molecule has 1 aliphatic carbocycles.